The van der Waals surface area contributed by atoms with Crippen LogP contribution in [0.1, 0.15) is 19.2 Å². The minimum atomic E-state index is -0.509. The fraction of sp³-hybridized carbons (Fsp3) is 0.750. The number of aliphatic hydroxyl groups excluding tert-OH is 1. The van der Waals surface area contributed by atoms with Gasteiger partial charge in [0.1, 0.15) is 5.82 Å². The van der Waals surface area contributed by atoms with E-state index < -0.39 is 6.10 Å². The highest BCUT2D eigenvalue weighted by atomic mass is 16.5. The summed E-state index contributed by atoms with van der Waals surface area (Å²) in [5.74, 6) is 0.912. The number of aliphatic hydroxyl groups is 1. The molecule has 0 aliphatic carbocycles. The third-order valence-electron chi connectivity index (χ3n) is 2.43. The van der Waals surface area contributed by atoms with E-state index in [2.05, 4.69) is 16.5 Å². The highest BCUT2D eigenvalue weighted by Gasteiger charge is 2.10. The minimum Gasteiger partial charge on any atom is -0.390 e. The monoisotopic (exact) mass is 242 g/mol. The van der Waals surface area contributed by atoms with E-state index in [9.17, 15) is 5.11 Å². The molecule has 0 saturated heterocycles. The van der Waals surface area contributed by atoms with Gasteiger partial charge in [-0.05, 0) is 6.42 Å². The average molecular weight is 242 g/mol. The normalized spacial score (nSPS) is 12.9. The number of imidazole rings is 1. The first kappa shape index (κ1) is 14.2. The van der Waals surface area contributed by atoms with Crippen LogP contribution in [0, 0.1) is 0 Å². The molecule has 98 valence electrons. The van der Waals surface area contributed by atoms with Crippen LogP contribution in [-0.4, -0.2) is 47.7 Å². The summed E-state index contributed by atoms with van der Waals surface area (Å²) in [6, 6.07) is 0. The van der Waals surface area contributed by atoms with Crippen molar-refractivity contribution in [1.82, 2.24) is 9.55 Å². The second-order valence-corrected chi connectivity index (χ2v) is 3.96. The van der Waals surface area contributed by atoms with Crippen molar-refractivity contribution in [3.8, 4) is 0 Å². The highest BCUT2D eigenvalue weighted by molar-refractivity contribution is 4.94. The third-order valence-corrected chi connectivity index (χ3v) is 2.43. The van der Waals surface area contributed by atoms with Gasteiger partial charge in [-0.3, -0.25) is 0 Å². The molecule has 0 aliphatic heterocycles. The van der Waals surface area contributed by atoms with Crippen LogP contribution in [0.4, 0.5) is 0 Å². The molecule has 1 N–H and O–H groups in total. The SMILES string of the molecule is CCCn1ccnc1CC(O)COCCOC. The largest absolute Gasteiger partial charge is 0.390 e. The Bertz CT molecular complexity index is 302. The Kier molecular flexibility index (Phi) is 6.84. The molecule has 1 rings (SSSR count). The van der Waals surface area contributed by atoms with Crippen molar-refractivity contribution in [1.29, 1.82) is 0 Å². The molecular weight excluding hydrogens is 220 g/mol. The van der Waals surface area contributed by atoms with Crippen LogP contribution in [0.5, 0.6) is 0 Å². The van der Waals surface area contributed by atoms with Gasteiger partial charge < -0.3 is 19.1 Å². The van der Waals surface area contributed by atoms with Gasteiger partial charge in [0.2, 0.25) is 0 Å². The van der Waals surface area contributed by atoms with Crippen molar-refractivity contribution in [2.24, 2.45) is 0 Å². The molecule has 0 aliphatic rings. The molecule has 17 heavy (non-hydrogen) atoms. The fourth-order valence-corrected chi connectivity index (χ4v) is 1.61. The van der Waals surface area contributed by atoms with Crippen molar-refractivity contribution in [3.05, 3.63) is 18.2 Å². The summed E-state index contributed by atoms with van der Waals surface area (Å²) < 4.78 is 12.2. The predicted molar refractivity (Wildman–Crippen MR) is 64.9 cm³/mol. The van der Waals surface area contributed by atoms with Gasteiger partial charge in [0, 0.05) is 32.5 Å². The number of aryl methyl sites for hydroxylation is 1. The van der Waals surface area contributed by atoms with Crippen molar-refractivity contribution in [3.63, 3.8) is 0 Å². The van der Waals surface area contributed by atoms with Crippen LogP contribution in [0.2, 0.25) is 0 Å². The molecule has 5 nitrogen and oxygen atoms in total. The standard InChI is InChI=1S/C12H22N2O3/c1-3-5-14-6-4-13-12(14)9-11(15)10-17-8-7-16-2/h4,6,11,15H,3,5,7-10H2,1-2H3. The number of aromatic nitrogens is 2. The first-order chi connectivity index (χ1) is 8.27. The second-order valence-electron chi connectivity index (χ2n) is 3.96. The minimum absolute atomic E-state index is 0.322. The maximum atomic E-state index is 9.79. The number of methoxy groups -OCH3 is 1. The molecule has 1 heterocycles. The summed E-state index contributed by atoms with van der Waals surface area (Å²) in [4.78, 5) is 4.24. The maximum absolute atomic E-state index is 9.79. The van der Waals surface area contributed by atoms with E-state index in [1.54, 1.807) is 13.3 Å². The lowest BCUT2D eigenvalue weighted by atomic mass is 10.2. The number of hydrogen-bond acceptors (Lipinski definition) is 4. The lowest BCUT2D eigenvalue weighted by Crippen LogP contribution is -2.21. The van der Waals surface area contributed by atoms with E-state index in [0.717, 1.165) is 18.8 Å². The molecule has 1 atom stereocenters. The Labute approximate surface area is 102 Å². The first-order valence-corrected chi connectivity index (χ1v) is 6.02. The molecule has 0 bridgehead atoms. The first-order valence-electron chi connectivity index (χ1n) is 6.02. The molecule has 0 spiro atoms. The van der Waals surface area contributed by atoms with Gasteiger partial charge in [0.25, 0.3) is 0 Å². The Morgan fingerprint density at radius 1 is 1.47 bits per heavy atom. The third kappa shape index (κ3) is 5.30. The number of nitrogens with zero attached hydrogens (tertiary/aromatic N) is 2. The second kappa shape index (κ2) is 8.22. The van der Waals surface area contributed by atoms with E-state index in [1.165, 1.54) is 0 Å². The van der Waals surface area contributed by atoms with Gasteiger partial charge in [-0.15, -0.1) is 0 Å². The van der Waals surface area contributed by atoms with E-state index in [4.69, 9.17) is 9.47 Å². The van der Waals surface area contributed by atoms with Gasteiger partial charge in [0.15, 0.2) is 0 Å². The van der Waals surface area contributed by atoms with Crippen LogP contribution in [0.15, 0.2) is 12.4 Å². The molecule has 0 amide bonds. The molecule has 0 saturated carbocycles. The zero-order valence-electron chi connectivity index (χ0n) is 10.6. The Balaban J connectivity index is 2.29. The lowest BCUT2D eigenvalue weighted by molar-refractivity contribution is 0.0127. The van der Waals surface area contributed by atoms with Gasteiger partial charge >= 0.3 is 0 Å². The van der Waals surface area contributed by atoms with E-state index in [1.807, 2.05) is 6.20 Å². The summed E-state index contributed by atoms with van der Waals surface area (Å²) in [6.07, 6.45) is 4.79. The summed E-state index contributed by atoms with van der Waals surface area (Å²) in [7, 11) is 1.63. The Morgan fingerprint density at radius 3 is 3.00 bits per heavy atom. The van der Waals surface area contributed by atoms with Gasteiger partial charge in [-0.2, -0.15) is 0 Å². The van der Waals surface area contributed by atoms with E-state index in [-0.39, 0.29) is 0 Å². The summed E-state index contributed by atoms with van der Waals surface area (Å²) >= 11 is 0. The molecular formula is C12H22N2O3. The molecule has 1 aromatic heterocycles. The van der Waals surface area contributed by atoms with Crippen LogP contribution >= 0.6 is 0 Å². The van der Waals surface area contributed by atoms with Crippen LogP contribution < -0.4 is 0 Å². The zero-order valence-corrected chi connectivity index (χ0v) is 10.6. The van der Waals surface area contributed by atoms with Crippen molar-refractivity contribution < 1.29 is 14.6 Å². The molecule has 0 aromatic carbocycles. The lowest BCUT2D eigenvalue weighted by Gasteiger charge is -2.12. The number of hydrogen-bond donors (Lipinski definition) is 1. The van der Waals surface area contributed by atoms with Gasteiger partial charge in [0.05, 0.1) is 25.9 Å². The van der Waals surface area contributed by atoms with Crippen molar-refractivity contribution in [2.45, 2.75) is 32.4 Å². The Morgan fingerprint density at radius 2 is 2.29 bits per heavy atom. The topological polar surface area (TPSA) is 56.5 Å². The molecule has 1 unspecified atom stereocenters. The average Bonchev–Trinajstić information content (AvgIpc) is 2.73. The van der Waals surface area contributed by atoms with E-state index >= 15 is 0 Å². The summed E-state index contributed by atoms with van der Waals surface area (Å²) in [6.45, 7) is 4.44. The van der Waals surface area contributed by atoms with Crippen LogP contribution in [0.25, 0.3) is 0 Å². The number of ether oxygens (including phenoxy) is 2. The van der Waals surface area contributed by atoms with Crippen LogP contribution in [0.3, 0.4) is 0 Å². The van der Waals surface area contributed by atoms with Crippen molar-refractivity contribution in [2.75, 3.05) is 26.9 Å². The zero-order chi connectivity index (χ0) is 12.5. The molecule has 0 fully saturated rings. The summed E-state index contributed by atoms with van der Waals surface area (Å²) in [5.41, 5.74) is 0. The fourth-order valence-electron chi connectivity index (χ4n) is 1.61. The quantitative estimate of drug-likeness (QED) is 0.653. The predicted octanol–water partition coefficient (Wildman–Crippen LogP) is 0.859. The molecule has 5 heteroatoms. The summed E-state index contributed by atoms with van der Waals surface area (Å²) in [5, 5.41) is 9.79. The maximum Gasteiger partial charge on any atom is 0.111 e. The van der Waals surface area contributed by atoms with Crippen LogP contribution in [-0.2, 0) is 22.4 Å². The molecule has 0 radical (unpaired) electrons. The Hall–Kier alpha value is -0.910. The highest BCUT2D eigenvalue weighted by Crippen LogP contribution is 2.03. The van der Waals surface area contributed by atoms with E-state index in [0.29, 0.717) is 26.2 Å². The van der Waals surface area contributed by atoms with Gasteiger partial charge in [-0.25, -0.2) is 4.98 Å². The smallest absolute Gasteiger partial charge is 0.111 e. The molecule has 1 aromatic rings. The number of rotatable bonds is 9. The van der Waals surface area contributed by atoms with Crippen molar-refractivity contribution >= 4 is 0 Å². The van der Waals surface area contributed by atoms with Gasteiger partial charge in [-0.1, -0.05) is 6.92 Å².